The first-order valence-corrected chi connectivity index (χ1v) is 6.44. The molecule has 0 spiro atoms. The molecule has 1 amide bonds. The summed E-state index contributed by atoms with van der Waals surface area (Å²) in [5, 5.41) is 14.2. The quantitative estimate of drug-likeness (QED) is 0.793. The lowest BCUT2D eigenvalue weighted by molar-refractivity contribution is -0.136. The third-order valence-electron chi connectivity index (χ3n) is 1.82. The average Bonchev–Trinajstić information content (AvgIpc) is 2.65. The minimum Gasteiger partial charge on any atom is -0.464 e. The van der Waals surface area contributed by atoms with Crippen molar-refractivity contribution in [2.24, 2.45) is 0 Å². The van der Waals surface area contributed by atoms with Crippen molar-refractivity contribution in [3.63, 3.8) is 0 Å². The Balaban J connectivity index is 3.24. The van der Waals surface area contributed by atoms with Crippen molar-refractivity contribution in [1.82, 2.24) is 14.6 Å². The van der Waals surface area contributed by atoms with E-state index in [4.69, 9.17) is 5.11 Å². The zero-order valence-electron chi connectivity index (χ0n) is 9.42. The fraction of sp³-hybridized carbons (Fsp3) is 0.429. The molecule has 1 aromatic heterocycles. The fourth-order valence-electron chi connectivity index (χ4n) is 1.17. The molecule has 0 bridgehead atoms. The predicted molar refractivity (Wildman–Crippen MR) is 56.7 cm³/mol. The van der Waals surface area contributed by atoms with Gasteiger partial charge in [0, 0.05) is 6.07 Å². The van der Waals surface area contributed by atoms with Crippen LogP contribution in [-0.2, 0) is 10.0 Å². The van der Waals surface area contributed by atoms with Crippen LogP contribution in [0.5, 0.6) is 0 Å². The Labute approximate surface area is 105 Å². The van der Waals surface area contributed by atoms with Crippen molar-refractivity contribution < 1.29 is 31.5 Å². The van der Waals surface area contributed by atoms with Crippen LogP contribution in [0.4, 0.5) is 23.8 Å². The van der Waals surface area contributed by atoms with Gasteiger partial charge in [-0.15, -0.1) is 0 Å². The van der Waals surface area contributed by atoms with Crippen molar-refractivity contribution in [1.29, 1.82) is 0 Å². The van der Waals surface area contributed by atoms with Crippen molar-refractivity contribution in [2.45, 2.75) is 6.18 Å². The lowest BCUT2D eigenvalue weighted by Crippen LogP contribution is -2.52. The number of carboxylic acid groups (broad SMARTS) is 1. The Bertz CT molecular complexity index is 541. The maximum Gasteiger partial charge on any atom is 0.429 e. The summed E-state index contributed by atoms with van der Waals surface area (Å²) >= 11 is 0. The molecule has 0 aliphatic heterocycles. The van der Waals surface area contributed by atoms with Crippen LogP contribution >= 0.6 is 0 Å². The molecule has 0 aromatic carbocycles. The van der Waals surface area contributed by atoms with E-state index in [1.54, 1.807) is 0 Å². The number of sulfonamides is 1. The number of alkyl halides is 3. The van der Waals surface area contributed by atoms with Crippen LogP contribution in [0.25, 0.3) is 0 Å². The van der Waals surface area contributed by atoms with Gasteiger partial charge in [-0.25, -0.2) is 13.2 Å². The predicted octanol–water partition coefficient (Wildman–Crippen LogP) is 0.633. The zero-order chi connectivity index (χ0) is 14.8. The highest BCUT2D eigenvalue weighted by atomic mass is 32.2. The number of aromatic amines is 1. The van der Waals surface area contributed by atoms with Crippen molar-refractivity contribution in [2.75, 3.05) is 17.8 Å². The lowest BCUT2D eigenvalue weighted by Gasteiger charge is -2.29. The second-order valence-corrected chi connectivity index (χ2v) is 5.28. The Morgan fingerprint density at radius 3 is 2.42 bits per heavy atom. The van der Waals surface area contributed by atoms with Gasteiger partial charge in [-0.2, -0.15) is 23.3 Å². The number of hydrazine groups is 1. The molecule has 0 saturated heterocycles. The Hall–Kier alpha value is -1.82. The van der Waals surface area contributed by atoms with E-state index >= 15 is 0 Å². The molecule has 1 aromatic rings. The second kappa shape index (κ2) is 5.05. The third-order valence-corrected chi connectivity index (χ3v) is 2.87. The van der Waals surface area contributed by atoms with E-state index in [2.05, 4.69) is 10.2 Å². The van der Waals surface area contributed by atoms with E-state index < -0.39 is 34.7 Å². The maximum absolute atomic E-state index is 12.3. The van der Waals surface area contributed by atoms with Gasteiger partial charge in [0.05, 0.1) is 12.5 Å². The fourth-order valence-corrected chi connectivity index (χ4v) is 2.01. The molecular formula is C7H9F3N4O4S. The molecule has 0 fully saturated rings. The van der Waals surface area contributed by atoms with Crippen LogP contribution in [0.2, 0.25) is 0 Å². The normalized spacial score (nSPS) is 12.7. The van der Waals surface area contributed by atoms with Crippen LogP contribution in [-0.4, -0.2) is 53.2 Å². The maximum atomic E-state index is 12.3. The smallest absolute Gasteiger partial charge is 0.429 e. The second-order valence-electron chi connectivity index (χ2n) is 3.39. The van der Waals surface area contributed by atoms with Gasteiger partial charge in [0.1, 0.15) is 6.54 Å². The van der Waals surface area contributed by atoms with E-state index in [9.17, 15) is 26.4 Å². The average molecular weight is 302 g/mol. The van der Waals surface area contributed by atoms with Gasteiger partial charge in [-0.3, -0.25) is 5.10 Å². The van der Waals surface area contributed by atoms with E-state index in [0.717, 1.165) is 12.3 Å². The van der Waals surface area contributed by atoms with Gasteiger partial charge in [0.15, 0.2) is 5.82 Å². The first-order chi connectivity index (χ1) is 8.52. The number of nitrogens with zero attached hydrogens (tertiary/aromatic N) is 3. The largest absolute Gasteiger partial charge is 0.464 e. The molecule has 0 aliphatic carbocycles. The number of hydrogen-bond acceptors (Lipinski definition) is 4. The highest BCUT2D eigenvalue weighted by Gasteiger charge is 2.41. The lowest BCUT2D eigenvalue weighted by atomic mass is 10.6. The number of carbonyl (C=O) groups is 1. The Morgan fingerprint density at radius 2 is 2.11 bits per heavy atom. The van der Waals surface area contributed by atoms with E-state index in [1.165, 1.54) is 0 Å². The highest BCUT2D eigenvalue weighted by Crippen LogP contribution is 2.22. The first kappa shape index (κ1) is 15.2. The molecule has 108 valence electrons. The number of aromatic nitrogens is 2. The molecule has 19 heavy (non-hydrogen) atoms. The number of hydrogen-bond donors (Lipinski definition) is 2. The molecule has 0 saturated carbocycles. The number of anilines is 1. The summed E-state index contributed by atoms with van der Waals surface area (Å²) in [6, 6.07) is 1.02. The van der Waals surface area contributed by atoms with E-state index in [0.29, 0.717) is 6.26 Å². The molecule has 1 rings (SSSR count). The summed E-state index contributed by atoms with van der Waals surface area (Å²) in [6.07, 6.45) is -5.28. The molecule has 0 aliphatic rings. The van der Waals surface area contributed by atoms with Gasteiger partial charge in [-0.1, -0.05) is 4.41 Å². The number of halogens is 3. The van der Waals surface area contributed by atoms with Gasteiger partial charge in [-0.05, 0) is 0 Å². The molecule has 0 unspecified atom stereocenters. The Kier molecular flexibility index (Phi) is 4.05. The molecule has 1 heterocycles. The number of rotatable bonds is 4. The van der Waals surface area contributed by atoms with Crippen LogP contribution < -0.4 is 5.01 Å². The minimum absolute atomic E-state index is 0.0736. The van der Waals surface area contributed by atoms with Crippen LogP contribution in [0, 0.1) is 0 Å². The Morgan fingerprint density at radius 1 is 1.53 bits per heavy atom. The number of H-pyrrole nitrogens is 1. The van der Waals surface area contributed by atoms with E-state index in [-0.39, 0.29) is 9.42 Å². The van der Waals surface area contributed by atoms with Crippen LogP contribution in [0.3, 0.4) is 0 Å². The van der Waals surface area contributed by atoms with Crippen molar-refractivity contribution >= 4 is 21.9 Å². The third kappa shape index (κ3) is 4.10. The topological polar surface area (TPSA) is 107 Å². The molecule has 12 heteroatoms. The summed E-state index contributed by atoms with van der Waals surface area (Å²) in [4.78, 5) is 11.0. The molecule has 0 radical (unpaired) electrons. The summed E-state index contributed by atoms with van der Waals surface area (Å²) in [6.45, 7) is -1.98. The molecule has 2 N–H and O–H groups in total. The minimum atomic E-state index is -4.91. The summed E-state index contributed by atoms with van der Waals surface area (Å²) in [5.41, 5.74) is 0. The zero-order valence-corrected chi connectivity index (χ0v) is 10.2. The SMILES string of the molecule is CS(=O)(=O)N(CC(F)(F)F)N(C(=O)O)c1ccn[nH]1. The standard InChI is InChI=1S/C7H9F3N4O4S/c1-19(17,18)13(4-7(8,9)10)14(6(15)16)5-2-3-11-12-5/h2-3H,4H2,1H3,(H,11,12)(H,15,16). The number of amides is 1. The summed E-state index contributed by atoms with van der Waals surface area (Å²) in [7, 11) is -4.46. The van der Waals surface area contributed by atoms with Gasteiger partial charge in [0.25, 0.3) is 0 Å². The van der Waals surface area contributed by atoms with Gasteiger partial charge < -0.3 is 5.11 Å². The van der Waals surface area contributed by atoms with E-state index in [1.807, 2.05) is 0 Å². The molecule has 8 nitrogen and oxygen atoms in total. The molecule has 0 atom stereocenters. The summed E-state index contributed by atoms with van der Waals surface area (Å²) in [5.74, 6) is -0.429. The number of nitrogens with one attached hydrogen (secondary N) is 1. The summed E-state index contributed by atoms with van der Waals surface area (Å²) < 4.78 is 59.4. The van der Waals surface area contributed by atoms with Crippen LogP contribution in [0.1, 0.15) is 0 Å². The van der Waals surface area contributed by atoms with Gasteiger partial charge >= 0.3 is 12.3 Å². The van der Waals surface area contributed by atoms with Crippen molar-refractivity contribution in [3.05, 3.63) is 12.3 Å². The molecular weight excluding hydrogens is 293 g/mol. The first-order valence-electron chi connectivity index (χ1n) is 4.59. The van der Waals surface area contributed by atoms with Gasteiger partial charge in [0.2, 0.25) is 10.0 Å². The highest BCUT2D eigenvalue weighted by molar-refractivity contribution is 7.88. The van der Waals surface area contributed by atoms with Crippen LogP contribution in [0.15, 0.2) is 12.3 Å². The van der Waals surface area contributed by atoms with Crippen molar-refractivity contribution in [3.8, 4) is 0 Å². The monoisotopic (exact) mass is 302 g/mol.